The van der Waals surface area contributed by atoms with E-state index in [0.717, 1.165) is 17.0 Å². The summed E-state index contributed by atoms with van der Waals surface area (Å²) in [5.41, 5.74) is 4.60. The van der Waals surface area contributed by atoms with Crippen LogP contribution in [0.5, 0.6) is 17.4 Å². The number of ether oxygens (including phenoxy) is 2. The Hall–Kier alpha value is -2.25. The minimum absolute atomic E-state index is 0.322. The molecule has 0 saturated heterocycles. The van der Waals surface area contributed by atoms with Crippen molar-refractivity contribution in [2.24, 2.45) is 4.99 Å². The highest BCUT2D eigenvalue weighted by Gasteiger charge is 2.15. The number of rotatable bonds is 7. The standard InChI is InChI=1S/C18H23N3O3S/c1-12-5-8-15(16(11-12)23-3)24-18-14(7-6-13(2)20-18)17(21-22)19-9-10-25-4/h5-8,11,22H,9-10H2,1-4H3,(H,19,21). The molecule has 0 amide bonds. The number of hydrogen-bond donors (Lipinski definition) is 2. The fourth-order valence-corrected chi connectivity index (χ4v) is 2.46. The van der Waals surface area contributed by atoms with E-state index in [9.17, 15) is 5.21 Å². The second-order valence-electron chi connectivity index (χ2n) is 5.40. The topological polar surface area (TPSA) is 76.0 Å². The van der Waals surface area contributed by atoms with Crippen molar-refractivity contribution >= 4 is 17.6 Å². The van der Waals surface area contributed by atoms with E-state index < -0.39 is 0 Å². The molecular weight excluding hydrogens is 338 g/mol. The highest BCUT2D eigenvalue weighted by Crippen LogP contribution is 2.33. The van der Waals surface area contributed by atoms with Crippen molar-refractivity contribution in [2.75, 3.05) is 25.7 Å². The van der Waals surface area contributed by atoms with Crippen molar-refractivity contribution in [1.29, 1.82) is 0 Å². The van der Waals surface area contributed by atoms with E-state index in [0.29, 0.717) is 35.3 Å². The summed E-state index contributed by atoms with van der Waals surface area (Å²) in [5, 5.41) is 9.48. The van der Waals surface area contributed by atoms with Crippen LogP contribution in [0.1, 0.15) is 16.8 Å². The molecule has 1 aromatic carbocycles. The summed E-state index contributed by atoms with van der Waals surface area (Å²) in [4.78, 5) is 8.82. The lowest BCUT2D eigenvalue weighted by Gasteiger charge is -2.14. The number of methoxy groups -OCH3 is 1. The van der Waals surface area contributed by atoms with Crippen LogP contribution < -0.4 is 15.0 Å². The second-order valence-corrected chi connectivity index (χ2v) is 6.38. The quantitative estimate of drug-likeness (QED) is 0.340. The number of hydroxylamine groups is 1. The minimum atomic E-state index is 0.322. The molecule has 0 atom stereocenters. The van der Waals surface area contributed by atoms with Crippen molar-refractivity contribution in [2.45, 2.75) is 13.8 Å². The second kappa shape index (κ2) is 9.29. The number of pyridine rings is 1. The Morgan fingerprint density at radius 2 is 2.04 bits per heavy atom. The summed E-state index contributed by atoms with van der Waals surface area (Å²) in [6.07, 6.45) is 2.01. The van der Waals surface area contributed by atoms with Crippen molar-refractivity contribution in [3.8, 4) is 17.4 Å². The van der Waals surface area contributed by atoms with Crippen molar-refractivity contribution < 1.29 is 14.7 Å². The van der Waals surface area contributed by atoms with Gasteiger partial charge >= 0.3 is 0 Å². The average Bonchev–Trinajstić information content (AvgIpc) is 2.61. The SMILES string of the molecule is COc1cc(C)ccc1Oc1nc(C)ccc1C(=NCCSC)NO. The predicted octanol–water partition coefficient (Wildman–Crippen LogP) is 3.59. The molecule has 0 aliphatic rings. The maximum atomic E-state index is 9.48. The number of nitrogens with zero attached hydrogens (tertiary/aromatic N) is 2. The monoisotopic (exact) mass is 361 g/mol. The molecule has 7 heteroatoms. The molecule has 0 fully saturated rings. The fraction of sp³-hybridized carbons (Fsp3) is 0.333. The zero-order chi connectivity index (χ0) is 18.2. The Kier molecular flexibility index (Phi) is 7.09. The van der Waals surface area contributed by atoms with Gasteiger partial charge in [-0.15, -0.1) is 0 Å². The number of amidine groups is 1. The molecule has 0 radical (unpaired) electrons. The molecule has 0 saturated carbocycles. The van der Waals surface area contributed by atoms with E-state index in [-0.39, 0.29) is 0 Å². The van der Waals surface area contributed by atoms with Gasteiger partial charge in [0.2, 0.25) is 5.88 Å². The number of aromatic nitrogens is 1. The van der Waals surface area contributed by atoms with Gasteiger partial charge in [0.25, 0.3) is 0 Å². The van der Waals surface area contributed by atoms with Crippen LogP contribution in [0.2, 0.25) is 0 Å². The van der Waals surface area contributed by atoms with Crippen LogP contribution in [0.15, 0.2) is 35.3 Å². The van der Waals surface area contributed by atoms with E-state index in [2.05, 4.69) is 15.5 Å². The fourth-order valence-electron chi connectivity index (χ4n) is 2.18. The van der Waals surface area contributed by atoms with Crippen LogP contribution in [-0.4, -0.2) is 41.7 Å². The average molecular weight is 361 g/mol. The molecule has 2 aromatic rings. The first-order chi connectivity index (χ1) is 12.1. The Morgan fingerprint density at radius 1 is 1.24 bits per heavy atom. The van der Waals surface area contributed by atoms with E-state index in [1.807, 2.05) is 50.4 Å². The number of aryl methyl sites for hydroxylation is 2. The molecule has 6 nitrogen and oxygen atoms in total. The third-order valence-corrected chi connectivity index (χ3v) is 4.04. The molecule has 0 unspecified atom stereocenters. The van der Waals surface area contributed by atoms with Gasteiger partial charge in [0.15, 0.2) is 17.3 Å². The van der Waals surface area contributed by atoms with Gasteiger partial charge in [-0.1, -0.05) is 6.07 Å². The number of hydrogen-bond acceptors (Lipinski definition) is 6. The summed E-state index contributed by atoms with van der Waals surface area (Å²) < 4.78 is 11.4. The number of thioether (sulfide) groups is 1. The Labute approximate surface area is 152 Å². The van der Waals surface area contributed by atoms with Gasteiger partial charge in [0.1, 0.15) is 0 Å². The van der Waals surface area contributed by atoms with Gasteiger partial charge in [0, 0.05) is 11.4 Å². The normalized spacial score (nSPS) is 11.3. The highest BCUT2D eigenvalue weighted by atomic mass is 32.2. The lowest BCUT2D eigenvalue weighted by atomic mass is 10.2. The predicted molar refractivity (Wildman–Crippen MR) is 101 cm³/mol. The molecular formula is C18H23N3O3S. The van der Waals surface area contributed by atoms with Gasteiger partial charge in [-0.25, -0.2) is 4.98 Å². The van der Waals surface area contributed by atoms with Gasteiger partial charge < -0.3 is 9.47 Å². The maximum Gasteiger partial charge on any atom is 0.230 e. The van der Waals surface area contributed by atoms with Crippen LogP contribution >= 0.6 is 11.8 Å². The van der Waals surface area contributed by atoms with Crippen LogP contribution in [-0.2, 0) is 0 Å². The number of nitrogens with one attached hydrogen (secondary N) is 1. The van der Waals surface area contributed by atoms with E-state index in [1.165, 1.54) is 0 Å². The van der Waals surface area contributed by atoms with Crippen LogP contribution in [0.3, 0.4) is 0 Å². The molecule has 0 bridgehead atoms. The van der Waals surface area contributed by atoms with E-state index >= 15 is 0 Å². The lowest BCUT2D eigenvalue weighted by molar-refractivity contribution is 0.234. The van der Waals surface area contributed by atoms with Crippen LogP contribution in [0.25, 0.3) is 0 Å². The smallest absolute Gasteiger partial charge is 0.230 e. The largest absolute Gasteiger partial charge is 0.493 e. The molecule has 0 aliphatic heterocycles. The molecule has 134 valence electrons. The Balaban J connectivity index is 2.40. The van der Waals surface area contributed by atoms with Crippen molar-refractivity contribution in [3.05, 3.63) is 47.2 Å². The van der Waals surface area contributed by atoms with Gasteiger partial charge in [0.05, 0.1) is 19.2 Å². The zero-order valence-corrected chi connectivity index (χ0v) is 15.7. The van der Waals surface area contributed by atoms with Crippen LogP contribution in [0, 0.1) is 13.8 Å². The molecule has 2 N–H and O–H groups in total. The van der Waals surface area contributed by atoms with Crippen molar-refractivity contribution in [3.63, 3.8) is 0 Å². The summed E-state index contributed by atoms with van der Waals surface area (Å²) in [5.74, 6) is 2.70. The summed E-state index contributed by atoms with van der Waals surface area (Å²) in [6.45, 7) is 4.43. The summed E-state index contributed by atoms with van der Waals surface area (Å²) in [7, 11) is 1.59. The third-order valence-electron chi connectivity index (χ3n) is 3.45. The first-order valence-electron chi connectivity index (χ1n) is 7.83. The molecule has 0 spiro atoms. The van der Waals surface area contributed by atoms with Gasteiger partial charge in [-0.05, 0) is 49.9 Å². The van der Waals surface area contributed by atoms with E-state index in [1.54, 1.807) is 18.9 Å². The summed E-state index contributed by atoms with van der Waals surface area (Å²) in [6, 6.07) is 9.32. The number of aliphatic imine (C=N–C) groups is 1. The number of benzene rings is 1. The molecule has 0 aliphatic carbocycles. The summed E-state index contributed by atoms with van der Waals surface area (Å²) >= 11 is 1.68. The maximum absolute atomic E-state index is 9.48. The first kappa shape index (κ1) is 19.1. The Morgan fingerprint density at radius 3 is 2.72 bits per heavy atom. The zero-order valence-electron chi connectivity index (χ0n) is 14.9. The van der Waals surface area contributed by atoms with E-state index in [4.69, 9.17) is 9.47 Å². The highest BCUT2D eigenvalue weighted by molar-refractivity contribution is 7.98. The molecule has 1 aromatic heterocycles. The van der Waals surface area contributed by atoms with Gasteiger partial charge in [-0.3, -0.25) is 15.7 Å². The molecule has 1 heterocycles. The molecule has 25 heavy (non-hydrogen) atoms. The van der Waals surface area contributed by atoms with Crippen LogP contribution in [0.4, 0.5) is 0 Å². The first-order valence-corrected chi connectivity index (χ1v) is 9.22. The minimum Gasteiger partial charge on any atom is -0.493 e. The van der Waals surface area contributed by atoms with Crippen molar-refractivity contribution in [1.82, 2.24) is 10.5 Å². The van der Waals surface area contributed by atoms with Gasteiger partial charge in [-0.2, -0.15) is 11.8 Å². The molecule has 2 rings (SSSR count). The third kappa shape index (κ3) is 5.11. The lowest BCUT2D eigenvalue weighted by Crippen LogP contribution is -2.22. The Bertz CT molecular complexity index is 750.